The number of hydrogen-bond acceptors (Lipinski definition) is 5. The largest absolute Gasteiger partial charge is 0.465 e. The Balaban J connectivity index is 2.21. The summed E-state index contributed by atoms with van der Waals surface area (Å²) in [6.07, 6.45) is -1.25. The van der Waals surface area contributed by atoms with Gasteiger partial charge in [-0.3, -0.25) is 5.32 Å². The molecule has 0 fully saturated rings. The zero-order valence-corrected chi connectivity index (χ0v) is 10.5. The SMILES string of the molecule is Cc1cc(Oc2ccc(C#N)cc2)nc(NC(=O)O)n1. The topological polar surface area (TPSA) is 108 Å². The third kappa shape index (κ3) is 3.43. The molecule has 2 N–H and O–H groups in total. The number of nitriles is 1. The number of carboxylic acid groups (broad SMARTS) is 1. The Morgan fingerprint density at radius 1 is 1.35 bits per heavy atom. The normalized spacial score (nSPS) is 9.60. The van der Waals surface area contributed by atoms with Crippen molar-refractivity contribution in [1.82, 2.24) is 9.97 Å². The monoisotopic (exact) mass is 270 g/mol. The minimum Gasteiger partial charge on any atom is -0.465 e. The highest BCUT2D eigenvalue weighted by atomic mass is 16.5. The van der Waals surface area contributed by atoms with Gasteiger partial charge in [0, 0.05) is 11.8 Å². The van der Waals surface area contributed by atoms with Gasteiger partial charge in [-0.05, 0) is 31.2 Å². The number of anilines is 1. The number of aryl methyl sites for hydroxylation is 1. The first-order chi connectivity index (χ1) is 9.56. The molecule has 0 unspecified atom stereocenters. The molecular formula is C13H10N4O3. The zero-order valence-electron chi connectivity index (χ0n) is 10.5. The summed E-state index contributed by atoms with van der Waals surface area (Å²) in [5.41, 5.74) is 1.08. The van der Waals surface area contributed by atoms with Gasteiger partial charge in [0.25, 0.3) is 0 Å². The summed E-state index contributed by atoms with van der Waals surface area (Å²) in [6, 6.07) is 10.0. The summed E-state index contributed by atoms with van der Waals surface area (Å²) in [4.78, 5) is 18.4. The minimum atomic E-state index is -1.25. The van der Waals surface area contributed by atoms with E-state index in [-0.39, 0.29) is 11.8 Å². The van der Waals surface area contributed by atoms with Crippen LogP contribution in [0, 0.1) is 18.3 Å². The van der Waals surface area contributed by atoms with E-state index in [4.69, 9.17) is 15.1 Å². The van der Waals surface area contributed by atoms with Crippen molar-refractivity contribution in [1.29, 1.82) is 5.26 Å². The van der Waals surface area contributed by atoms with Crippen LogP contribution in [0.1, 0.15) is 11.3 Å². The van der Waals surface area contributed by atoms with Gasteiger partial charge in [0.15, 0.2) is 0 Å². The van der Waals surface area contributed by atoms with Gasteiger partial charge in [0.2, 0.25) is 11.8 Å². The maximum Gasteiger partial charge on any atom is 0.411 e. The standard InChI is InChI=1S/C13H10N4O3/c1-8-6-11(16-12(15-8)17-13(18)19)20-10-4-2-9(7-14)3-5-10/h2-6H,1H3,(H,18,19)(H,15,16,17). The van der Waals surface area contributed by atoms with Crippen molar-refractivity contribution in [2.24, 2.45) is 0 Å². The summed E-state index contributed by atoms with van der Waals surface area (Å²) in [7, 11) is 0. The molecule has 7 heteroatoms. The van der Waals surface area contributed by atoms with E-state index in [1.807, 2.05) is 6.07 Å². The Kier molecular flexibility index (Phi) is 3.77. The van der Waals surface area contributed by atoms with Crippen LogP contribution in [0.2, 0.25) is 0 Å². The van der Waals surface area contributed by atoms with Crippen molar-refractivity contribution >= 4 is 12.0 Å². The predicted molar refractivity (Wildman–Crippen MR) is 69.6 cm³/mol. The fourth-order valence-electron chi connectivity index (χ4n) is 1.46. The number of aromatic nitrogens is 2. The third-order valence-electron chi connectivity index (χ3n) is 2.26. The van der Waals surface area contributed by atoms with Gasteiger partial charge in [-0.25, -0.2) is 9.78 Å². The lowest BCUT2D eigenvalue weighted by atomic mass is 10.2. The molecule has 0 bridgehead atoms. The second-order valence-electron chi connectivity index (χ2n) is 3.84. The van der Waals surface area contributed by atoms with E-state index in [0.29, 0.717) is 17.0 Å². The molecule has 0 aliphatic heterocycles. The van der Waals surface area contributed by atoms with E-state index < -0.39 is 6.09 Å². The smallest absolute Gasteiger partial charge is 0.411 e. The average Bonchev–Trinajstić information content (AvgIpc) is 2.38. The molecule has 20 heavy (non-hydrogen) atoms. The molecule has 1 heterocycles. The maximum absolute atomic E-state index is 10.6. The number of rotatable bonds is 3. The number of carbonyl (C=O) groups is 1. The fourth-order valence-corrected chi connectivity index (χ4v) is 1.46. The van der Waals surface area contributed by atoms with Gasteiger partial charge in [-0.2, -0.15) is 10.2 Å². The van der Waals surface area contributed by atoms with Crippen molar-refractivity contribution in [3.8, 4) is 17.7 Å². The van der Waals surface area contributed by atoms with Gasteiger partial charge in [0.05, 0.1) is 11.6 Å². The molecule has 2 aromatic rings. The van der Waals surface area contributed by atoms with Crippen LogP contribution in [0.4, 0.5) is 10.7 Å². The van der Waals surface area contributed by atoms with Gasteiger partial charge >= 0.3 is 6.09 Å². The molecule has 0 atom stereocenters. The maximum atomic E-state index is 10.6. The Labute approximate surface area is 114 Å². The first-order valence-corrected chi connectivity index (χ1v) is 5.60. The van der Waals surface area contributed by atoms with Crippen molar-refractivity contribution in [2.45, 2.75) is 6.92 Å². The zero-order chi connectivity index (χ0) is 14.5. The number of nitrogens with zero attached hydrogens (tertiary/aromatic N) is 3. The first kappa shape index (κ1) is 13.3. The molecule has 2 rings (SSSR count). The highest BCUT2D eigenvalue weighted by molar-refractivity contribution is 5.80. The quantitative estimate of drug-likeness (QED) is 0.887. The van der Waals surface area contributed by atoms with Gasteiger partial charge in [0.1, 0.15) is 5.75 Å². The Bertz CT molecular complexity index is 677. The van der Waals surface area contributed by atoms with E-state index in [9.17, 15) is 4.79 Å². The fraction of sp³-hybridized carbons (Fsp3) is 0.0769. The van der Waals surface area contributed by atoms with E-state index >= 15 is 0 Å². The highest BCUT2D eigenvalue weighted by Gasteiger charge is 2.07. The molecule has 0 radical (unpaired) electrons. The second kappa shape index (κ2) is 5.67. The summed E-state index contributed by atoms with van der Waals surface area (Å²) in [5, 5.41) is 19.4. The minimum absolute atomic E-state index is 0.0545. The van der Waals surface area contributed by atoms with E-state index in [0.717, 1.165) is 0 Å². The number of amides is 1. The molecule has 0 aliphatic rings. The molecule has 1 aromatic carbocycles. The van der Waals surface area contributed by atoms with E-state index in [2.05, 4.69) is 15.3 Å². The number of nitrogens with one attached hydrogen (secondary N) is 1. The third-order valence-corrected chi connectivity index (χ3v) is 2.26. The number of hydrogen-bond donors (Lipinski definition) is 2. The van der Waals surface area contributed by atoms with Gasteiger partial charge in [-0.1, -0.05) is 0 Å². The number of benzene rings is 1. The van der Waals surface area contributed by atoms with E-state index in [1.165, 1.54) is 0 Å². The summed E-state index contributed by atoms with van der Waals surface area (Å²) in [6.45, 7) is 1.69. The lowest BCUT2D eigenvalue weighted by Crippen LogP contribution is -2.11. The van der Waals surface area contributed by atoms with Gasteiger partial charge in [-0.15, -0.1) is 0 Å². The van der Waals surface area contributed by atoms with Crippen molar-refractivity contribution < 1.29 is 14.6 Å². The average molecular weight is 270 g/mol. The predicted octanol–water partition coefficient (Wildman–Crippen LogP) is 2.54. The Morgan fingerprint density at radius 2 is 2.05 bits per heavy atom. The van der Waals surface area contributed by atoms with Crippen LogP contribution in [0.5, 0.6) is 11.6 Å². The number of ether oxygens (including phenoxy) is 1. The van der Waals surface area contributed by atoms with Crippen LogP contribution in [-0.4, -0.2) is 21.2 Å². The second-order valence-corrected chi connectivity index (χ2v) is 3.84. The molecule has 1 aromatic heterocycles. The first-order valence-electron chi connectivity index (χ1n) is 5.60. The summed E-state index contributed by atoms with van der Waals surface area (Å²) < 4.78 is 5.49. The molecule has 1 amide bonds. The van der Waals surface area contributed by atoms with E-state index in [1.54, 1.807) is 37.3 Å². The van der Waals surface area contributed by atoms with Crippen LogP contribution in [0.25, 0.3) is 0 Å². The molecule has 0 aliphatic carbocycles. The lowest BCUT2D eigenvalue weighted by molar-refractivity contribution is 0.209. The van der Waals surface area contributed by atoms with Crippen LogP contribution < -0.4 is 10.1 Å². The summed E-state index contributed by atoms with van der Waals surface area (Å²) in [5.74, 6) is 0.649. The van der Waals surface area contributed by atoms with Crippen LogP contribution >= 0.6 is 0 Å². The summed E-state index contributed by atoms with van der Waals surface area (Å²) >= 11 is 0. The molecule has 0 saturated carbocycles. The van der Waals surface area contributed by atoms with Crippen LogP contribution in [0.15, 0.2) is 30.3 Å². The molecule has 7 nitrogen and oxygen atoms in total. The Morgan fingerprint density at radius 3 is 2.65 bits per heavy atom. The highest BCUT2D eigenvalue weighted by Crippen LogP contribution is 2.21. The van der Waals surface area contributed by atoms with Crippen LogP contribution in [0.3, 0.4) is 0 Å². The lowest BCUT2D eigenvalue weighted by Gasteiger charge is -2.07. The van der Waals surface area contributed by atoms with Crippen molar-refractivity contribution in [3.63, 3.8) is 0 Å². The van der Waals surface area contributed by atoms with Gasteiger partial charge < -0.3 is 9.84 Å². The molecular weight excluding hydrogens is 260 g/mol. The molecule has 100 valence electrons. The van der Waals surface area contributed by atoms with Crippen LogP contribution in [-0.2, 0) is 0 Å². The van der Waals surface area contributed by atoms with Crippen molar-refractivity contribution in [3.05, 3.63) is 41.6 Å². The molecule has 0 spiro atoms. The molecule has 0 saturated heterocycles. The van der Waals surface area contributed by atoms with Crippen molar-refractivity contribution in [2.75, 3.05) is 5.32 Å². The Hall–Kier alpha value is -3.14.